The van der Waals surface area contributed by atoms with Crippen molar-refractivity contribution in [1.82, 2.24) is 0 Å². The quantitative estimate of drug-likeness (QED) is 0.590. The third-order valence-corrected chi connectivity index (χ3v) is 4.05. The Bertz CT molecular complexity index is 695. The van der Waals surface area contributed by atoms with Crippen molar-refractivity contribution in [3.63, 3.8) is 0 Å². The molecule has 1 N–H and O–H groups in total. The summed E-state index contributed by atoms with van der Waals surface area (Å²) in [5.41, 5.74) is 3.07. The van der Waals surface area contributed by atoms with Gasteiger partial charge in [-0.25, -0.2) is 0 Å². The van der Waals surface area contributed by atoms with Crippen LogP contribution in [0.4, 0.5) is 5.69 Å². The Hall–Kier alpha value is -2.49. The highest BCUT2D eigenvalue weighted by Crippen LogP contribution is 2.19. The van der Waals surface area contributed by atoms with Crippen molar-refractivity contribution >= 4 is 11.6 Å². The Morgan fingerprint density at radius 2 is 1.69 bits per heavy atom. The van der Waals surface area contributed by atoms with E-state index in [1.54, 1.807) is 0 Å². The molecule has 4 nitrogen and oxygen atoms in total. The molecule has 4 heteroatoms. The van der Waals surface area contributed by atoms with Crippen molar-refractivity contribution in [1.29, 1.82) is 0 Å². The smallest absolute Gasteiger partial charge is 0.224 e. The minimum absolute atomic E-state index is 0.00536. The van der Waals surface area contributed by atoms with Gasteiger partial charge in [0.2, 0.25) is 5.91 Å². The lowest BCUT2D eigenvalue weighted by Gasteiger charge is -2.10. The molecule has 0 radical (unpaired) electrons. The first-order valence-corrected chi connectivity index (χ1v) is 9.31. The van der Waals surface area contributed by atoms with E-state index in [0.29, 0.717) is 19.4 Å². The monoisotopic (exact) mass is 355 g/mol. The predicted octanol–water partition coefficient (Wildman–Crippen LogP) is 5.28. The van der Waals surface area contributed by atoms with Gasteiger partial charge in [-0.2, -0.15) is 0 Å². The fourth-order valence-electron chi connectivity index (χ4n) is 2.47. The molecule has 0 aliphatic rings. The first-order chi connectivity index (χ1) is 12.6. The van der Waals surface area contributed by atoms with Crippen LogP contribution in [0.5, 0.6) is 11.5 Å². The van der Waals surface area contributed by atoms with E-state index in [4.69, 9.17) is 9.47 Å². The molecule has 2 aromatic rings. The third-order valence-electron chi connectivity index (χ3n) is 4.05. The van der Waals surface area contributed by atoms with E-state index in [0.717, 1.165) is 42.2 Å². The summed E-state index contributed by atoms with van der Waals surface area (Å²) in [7, 11) is 0. The van der Waals surface area contributed by atoms with Crippen LogP contribution in [-0.4, -0.2) is 19.1 Å². The van der Waals surface area contributed by atoms with Gasteiger partial charge in [0.15, 0.2) is 0 Å². The SMILES string of the molecule is CCCCOc1ccc(NC(=O)CCCOc2cc(C)ccc2C)cc1. The zero-order chi connectivity index (χ0) is 18.8. The van der Waals surface area contributed by atoms with E-state index in [1.807, 2.05) is 50.2 Å². The predicted molar refractivity (Wildman–Crippen MR) is 106 cm³/mol. The van der Waals surface area contributed by atoms with E-state index < -0.39 is 0 Å². The fourth-order valence-corrected chi connectivity index (χ4v) is 2.47. The minimum Gasteiger partial charge on any atom is -0.494 e. The summed E-state index contributed by atoms with van der Waals surface area (Å²) in [5.74, 6) is 1.72. The lowest BCUT2D eigenvalue weighted by molar-refractivity contribution is -0.116. The lowest BCUT2D eigenvalue weighted by atomic mass is 10.1. The Balaban J connectivity index is 1.69. The van der Waals surface area contributed by atoms with Crippen LogP contribution in [0.15, 0.2) is 42.5 Å². The van der Waals surface area contributed by atoms with E-state index in [2.05, 4.69) is 18.3 Å². The van der Waals surface area contributed by atoms with Crippen molar-refractivity contribution in [3.05, 3.63) is 53.6 Å². The Morgan fingerprint density at radius 3 is 2.42 bits per heavy atom. The highest BCUT2D eigenvalue weighted by molar-refractivity contribution is 5.90. The molecule has 0 unspecified atom stereocenters. The van der Waals surface area contributed by atoms with Gasteiger partial charge in [0, 0.05) is 12.1 Å². The summed E-state index contributed by atoms with van der Waals surface area (Å²) < 4.78 is 11.4. The summed E-state index contributed by atoms with van der Waals surface area (Å²) in [4.78, 5) is 12.0. The van der Waals surface area contributed by atoms with Crippen LogP contribution in [0, 0.1) is 13.8 Å². The maximum Gasteiger partial charge on any atom is 0.224 e. The average molecular weight is 355 g/mol. The highest BCUT2D eigenvalue weighted by atomic mass is 16.5. The number of unbranched alkanes of at least 4 members (excludes halogenated alkanes) is 1. The average Bonchev–Trinajstić information content (AvgIpc) is 2.63. The lowest BCUT2D eigenvalue weighted by Crippen LogP contribution is -2.13. The number of rotatable bonds is 10. The Kier molecular flexibility index (Phi) is 8.00. The van der Waals surface area contributed by atoms with Crippen LogP contribution in [0.1, 0.15) is 43.7 Å². The summed E-state index contributed by atoms with van der Waals surface area (Å²) in [6.07, 6.45) is 3.26. The van der Waals surface area contributed by atoms with Gasteiger partial charge in [0.05, 0.1) is 13.2 Å². The fraction of sp³-hybridized carbons (Fsp3) is 0.409. The zero-order valence-corrected chi connectivity index (χ0v) is 16.0. The van der Waals surface area contributed by atoms with Crippen molar-refractivity contribution in [2.24, 2.45) is 0 Å². The van der Waals surface area contributed by atoms with Gasteiger partial charge in [-0.05, 0) is 68.1 Å². The van der Waals surface area contributed by atoms with Gasteiger partial charge < -0.3 is 14.8 Å². The number of anilines is 1. The largest absolute Gasteiger partial charge is 0.494 e. The molecular formula is C22H29NO3. The van der Waals surface area contributed by atoms with E-state index >= 15 is 0 Å². The number of benzene rings is 2. The molecular weight excluding hydrogens is 326 g/mol. The molecule has 0 aliphatic heterocycles. The molecule has 2 rings (SSSR count). The van der Waals surface area contributed by atoms with Gasteiger partial charge >= 0.3 is 0 Å². The maximum absolute atomic E-state index is 12.0. The molecule has 0 saturated carbocycles. The first-order valence-electron chi connectivity index (χ1n) is 9.31. The van der Waals surface area contributed by atoms with Crippen LogP contribution >= 0.6 is 0 Å². The Labute approximate surface area is 156 Å². The molecule has 2 aromatic carbocycles. The van der Waals surface area contributed by atoms with E-state index in [1.165, 1.54) is 5.56 Å². The van der Waals surface area contributed by atoms with E-state index in [9.17, 15) is 4.79 Å². The maximum atomic E-state index is 12.0. The number of carbonyl (C=O) groups excluding carboxylic acids is 1. The molecule has 0 atom stereocenters. The summed E-state index contributed by atoms with van der Waals surface area (Å²) >= 11 is 0. The van der Waals surface area contributed by atoms with Gasteiger partial charge in [0.25, 0.3) is 0 Å². The van der Waals surface area contributed by atoms with Crippen molar-refractivity contribution in [2.75, 3.05) is 18.5 Å². The number of ether oxygens (including phenoxy) is 2. The number of hydrogen-bond acceptors (Lipinski definition) is 3. The second kappa shape index (κ2) is 10.5. The molecule has 0 heterocycles. The molecule has 0 aromatic heterocycles. The molecule has 0 fully saturated rings. The standard InChI is InChI=1S/C22H29NO3/c1-4-5-14-25-20-12-10-19(11-13-20)23-22(24)7-6-15-26-21-16-17(2)8-9-18(21)3/h8-13,16H,4-7,14-15H2,1-3H3,(H,23,24). The third kappa shape index (κ3) is 6.79. The highest BCUT2D eigenvalue weighted by Gasteiger charge is 2.04. The minimum atomic E-state index is -0.00536. The molecule has 26 heavy (non-hydrogen) atoms. The van der Waals surface area contributed by atoms with E-state index in [-0.39, 0.29) is 5.91 Å². The second-order valence-corrected chi connectivity index (χ2v) is 6.50. The molecule has 0 saturated heterocycles. The normalized spacial score (nSPS) is 10.4. The summed E-state index contributed by atoms with van der Waals surface area (Å²) in [6.45, 7) is 7.45. The van der Waals surface area contributed by atoms with Crippen molar-refractivity contribution in [3.8, 4) is 11.5 Å². The molecule has 1 amide bonds. The molecule has 0 aliphatic carbocycles. The van der Waals surface area contributed by atoms with Crippen LogP contribution < -0.4 is 14.8 Å². The number of hydrogen-bond donors (Lipinski definition) is 1. The van der Waals surface area contributed by atoms with Gasteiger partial charge in [-0.3, -0.25) is 4.79 Å². The number of aryl methyl sites for hydroxylation is 2. The van der Waals surface area contributed by atoms with Gasteiger partial charge in [-0.15, -0.1) is 0 Å². The van der Waals surface area contributed by atoms with Crippen LogP contribution in [-0.2, 0) is 4.79 Å². The number of carbonyl (C=O) groups is 1. The van der Waals surface area contributed by atoms with Gasteiger partial charge in [-0.1, -0.05) is 25.5 Å². The van der Waals surface area contributed by atoms with Gasteiger partial charge in [0.1, 0.15) is 11.5 Å². The molecule has 0 spiro atoms. The molecule has 0 bridgehead atoms. The van der Waals surface area contributed by atoms with Crippen molar-refractivity contribution < 1.29 is 14.3 Å². The van der Waals surface area contributed by atoms with Crippen LogP contribution in [0.2, 0.25) is 0 Å². The topological polar surface area (TPSA) is 47.6 Å². The molecule has 140 valence electrons. The van der Waals surface area contributed by atoms with Crippen LogP contribution in [0.3, 0.4) is 0 Å². The Morgan fingerprint density at radius 1 is 0.962 bits per heavy atom. The zero-order valence-electron chi connectivity index (χ0n) is 16.0. The second-order valence-electron chi connectivity index (χ2n) is 6.50. The van der Waals surface area contributed by atoms with Crippen molar-refractivity contribution in [2.45, 2.75) is 46.5 Å². The first kappa shape index (κ1) is 19.8. The number of amides is 1. The summed E-state index contributed by atoms with van der Waals surface area (Å²) in [6, 6.07) is 13.6. The summed E-state index contributed by atoms with van der Waals surface area (Å²) in [5, 5.41) is 2.91. The van der Waals surface area contributed by atoms with Crippen LogP contribution in [0.25, 0.3) is 0 Å². The number of nitrogens with one attached hydrogen (secondary N) is 1.